The number of fused-ring (bicyclic) bond motifs is 3. The van der Waals surface area contributed by atoms with Crippen LogP contribution in [0.2, 0.25) is 0 Å². The van der Waals surface area contributed by atoms with Gasteiger partial charge in [-0.25, -0.2) is 0 Å². The molecule has 3 saturated heterocycles. The molecule has 1 saturated carbocycles. The fraction of sp³-hybridized carbons (Fsp3) is 0.909. The molecule has 4 rings (SSSR count). The largest absolute Gasteiger partial charge is 0.350 e. The number of rotatable bonds is 2. The Morgan fingerprint density at radius 1 is 1.33 bits per heavy atom. The monoisotopic (exact) mass is 209 g/mol. The molecule has 4 aliphatic rings. The van der Waals surface area contributed by atoms with E-state index in [1.54, 1.807) is 0 Å². The lowest BCUT2D eigenvalue weighted by atomic mass is 9.84. The zero-order valence-corrected chi connectivity index (χ0v) is 9.04. The summed E-state index contributed by atoms with van der Waals surface area (Å²) in [6.07, 6.45) is 4.20. The molecule has 3 heterocycles. The SMILES string of the molecule is NC1(C(=O)NC2CN3CCC2CC3)CC1. The van der Waals surface area contributed by atoms with Crippen molar-refractivity contribution in [2.24, 2.45) is 11.7 Å². The first kappa shape index (κ1) is 9.60. The third-order valence-electron chi connectivity index (χ3n) is 4.21. The zero-order valence-electron chi connectivity index (χ0n) is 9.04. The Bertz CT molecular complexity index is 280. The molecule has 0 spiro atoms. The number of nitrogens with one attached hydrogen (secondary N) is 1. The van der Waals surface area contributed by atoms with Crippen LogP contribution in [-0.2, 0) is 4.79 Å². The average Bonchev–Trinajstić information content (AvgIpc) is 3.00. The molecule has 1 amide bonds. The van der Waals surface area contributed by atoms with Crippen molar-refractivity contribution >= 4 is 5.91 Å². The molecule has 4 fully saturated rings. The lowest BCUT2D eigenvalue weighted by Gasteiger charge is -2.45. The molecule has 1 atom stereocenters. The van der Waals surface area contributed by atoms with E-state index >= 15 is 0 Å². The average molecular weight is 209 g/mol. The van der Waals surface area contributed by atoms with Gasteiger partial charge in [-0.1, -0.05) is 0 Å². The van der Waals surface area contributed by atoms with E-state index in [-0.39, 0.29) is 5.91 Å². The first-order chi connectivity index (χ1) is 7.17. The third kappa shape index (κ3) is 1.66. The van der Waals surface area contributed by atoms with Gasteiger partial charge in [0.2, 0.25) is 5.91 Å². The Hall–Kier alpha value is -0.610. The van der Waals surface area contributed by atoms with Gasteiger partial charge in [-0.3, -0.25) is 4.79 Å². The quantitative estimate of drug-likeness (QED) is 0.656. The Morgan fingerprint density at radius 3 is 2.47 bits per heavy atom. The highest BCUT2D eigenvalue weighted by molar-refractivity contribution is 5.89. The Labute approximate surface area is 90.2 Å². The van der Waals surface area contributed by atoms with Crippen LogP contribution in [0.1, 0.15) is 25.7 Å². The number of carbonyl (C=O) groups excluding carboxylic acids is 1. The van der Waals surface area contributed by atoms with Crippen LogP contribution in [0, 0.1) is 5.92 Å². The van der Waals surface area contributed by atoms with Crippen molar-refractivity contribution in [3.8, 4) is 0 Å². The molecule has 84 valence electrons. The van der Waals surface area contributed by atoms with Crippen molar-refractivity contribution in [1.82, 2.24) is 10.2 Å². The van der Waals surface area contributed by atoms with Crippen molar-refractivity contribution < 1.29 is 4.79 Å². The summed E-state index contributed by atoms with van der Waals surface area (Å²) in [5.41, 5.74) is 5.37. The molecule has 0 aromatic carbocycles. The molecule has 0 aromatic heterocycles. The van der Waals surface area contributed by atoms with Gasteiger partial charge in [0.05, 0.1) is 5.54 Å². The van der Waals surface area contributed by atoms with Gasteiger partial charge in [0.15, 0.2) is 0 Å². The van der Waals surface area contributed by atoms with Gasteiger partial charge in [0.25, 0.3) is 0 Å². The summed E-state index contributed by atoms with van der Waals surface area (Å²) >= 11 is 0. The minimum absolute atomic E-state index is 0.0845. The fourth-order valence-corrected chi connectivity index (χ4v) is 2.80. The van der Waals surface area contributed by atoms with Crippen LogP contribution in [-0.4, -0.2) is 42.0 Å². The molecule has 4 nitrogen and oxygen atoms in total. The van der Waals surface area contributed by atoms with E-state index in [4.69, 9.17) is 5.73 Å². The highest BCUT2D eigenvalue weighted by Gasteiger charge is 2.47. The maximum atomic E-state index is 11.8. The van der Waals surface area contributed by atoms with E-state index < -0.39 is 5.54 Å². The summed E-state index contributed by atoms with van der Waals surface area (Å²) in [4.78, 5) is 14.3. The molecule has 0 aromatic rings. The van der Waals surface area contributed by atoms with E-state index in [1.165, 1.54) is 25.9 Å². The summed E-state index contributed by atoms with van der Waals surface area (Å²) < 4.78 is 0. The molecule has 4 heteroatoms. The topological polar surface area (TPSA) is 58.4 Å². The number of amides is 1. The summed E-state index contributed by atoms with van der Waals surface area (Å²) in [7, 11) is 0. The van der Waals surface area contributed by atoms with Crippen molar-refractivity contribution in [3.05, 3.63) is 0 Å². The first-order valence-corrected chi connectivity index (χ1v) is 6.00. The van der Waals surface area contributed by atoms with E-state index in [0.29, 0.717) is 12.0 Å². The van der Waals surface area contributed by atoms with Crippen LogP contribution in [0.25, 0.3) is 0 Å². The van der Waals surface area contributed by atoms with Crippen LogP contribution in [0.4, 0.5) is 0 Å². The number of nitrogens with two attached hydrogens (primary N) is 1. The molecule has 1 unspecified atom stereocenters. The van der Waals surface area contributed by atoms with Crippen LogP contribution in [0.3, 0.4) is 0 Å². The predicted octanol–water partition coefficient (Wildman–Crippen LogP) is -0.312. The van der Waals surface area contributed by atoms with Gasteiger partial charge in [-0.15, -0.1) is 0 Å². The van der Waals surface area contributed by atoms with E-state index in [9.17, 15) is 4.79 Å². The van der Waals surface area contributed by atoms with E-state index in [1.807, 2.05) is 0 Å². The maximum absolute atomic E-state index is 11.8. The second kappa shape index (κ2) is 3.19. The van der Waals surface area contributed by atoms with Crippen LogP contribution < -0.4 is 11.1 Å². The molecular weight excluding hydrogens is 190 g/mol. The standard InChI is InChI=1S/C11H19N3O/c12-11(3-4-11)10(15)13-9-7-14-5-1-8(9)2-6-14/h8-9H,1-7,12H2,(H,13,15). The summed E-state index contributed by atoms with van der Waals surface area (Å²) in [6.45, 7) is 3.46. The molecule has 2 bridgehead atoms. The summed E-state index contributed by atoms with van der Waals surface area (Å²) in [5.74, 6) is 0.780. The number of carbonyl (C=O) groups is 1. The minimum Gasteiger partial charge on any atom is -0.350 e. The summed E-state index contributed by atoms with van der Waals surface area (Å²) in [6, 6.07) is 0.362. The zero-order chi connectivity index (χ0) is 10.5. The van der Waals surface area contributed by atoms with Gasteiger partial charge in [-0.2, -0.15) is 0 Å². The van der Waals surface area contributed by atoms with Crippen molar-refractivity contribution in [3.63, 3.8) is 0 Å². The number of hydrogen-bond acceptors (Lipinski definition) is 3. The predicted molar refractivity (Wildman–Crippen MR) is 57.2 cm³/mol. The smallest absolute Gasteiger partial charge is 0.240 e. The first-order valence-electron chi connectivity index (χ1n) is 6.00. The van der Waals surface area contributed by atoms with Gasteiger partial charge in [0.1, 0.15) is 0 Å². The van der Waals surface area contributed by atoms with Gasteiger partial charge < -0.3 is 16.0 Å². The highest BCUT2D eigenvalue weighted by Crippen LogP contribution is 2.34. The Morgan fingerprint density at radius 2 is 2.00 bits per heavy atom. The van der Waals surface area contributed by atoms with Gasteiger partial charge >= 0.3 is 0 Å². The number of hydrogen-bond donors (Lipinski definition) is 2. The summed E-state index contributed by atoms with van der Waals surface area (Å²) in [5, 5.41) is 3.15. The van der Waals surface area contributed by atoms with Crippen molar-refractivity contribution in [2.75, 3.05) is 19.6 Å². The van der Waals surface area contributed by atoms with Crippen LogP contribution in [0.15, 0.2) is 0 Å². The lowest BCUT2D eigenvalue weighted by Crippen LogP contribution is -2.59. The fourth-order valence-electron chi connectivity index (χ4n) is 2.80. The van der Waals surface area contributed by atoms with E-state index in [2.05, 4.69) is 10.2 Å². The number of piperidine rings is 3. The molecule has 3 N–H and O–H groups in total. The maximum Gasteiger partial charge on any atom is 0.240 e. The second-order valence-corrected chi connectivity index (χ2v) is 5.37. The molecule has 0 radical (unpaired) electrons. The molecule has 15 heavy (non-hydrogen) atoms. The van der Waals surface area contributed by atoms with Crippen molar-refractivity contribution in [2.45, 2.75) is 37.3 Å². The highest BCUT2D eigenvalue weighted by atomic mass is 16.2. The van der Waals surface area contributed by atoms with Gasteiger partial charge in [0, 0.05) is 12.6 Å². The van der Waals surface area contributed by atoms with Crippen molar-refractivity contribution in [1.29, 1.82) is 0 Å². The third-order valence-corrected chi connectivity index (χ3v) is 4.21. The molecule has 1 aliphatic carbocycles. The normalized spacial score (nSPS) is 41.3. The van der Waals surface area contributed by atoms with Gasteiger partial charge in [-0.05, 0) is 44.7 Å². The molecule has 3 aliphatic heterocycles. The minimum atomic E-state index is -0.508. The lowest BCUT2D eigenvalue weighted by molar-refractivity contribution is -0.125. The second-order valence-electron chi connectivity index (χ2n) is 5.37. The van der Waals surface area contributed by atoms with Crippen LogP contribution >= 0.6 is 0 Å². The van der Waals surface area contributed by atoms with E-state index in [0.717, 1.165) is 19.4 Å². The molecular formula is C11H19N3O. The Kier molecular flexibility index (Phi) is 2.04. The number of nitrogens with zero attached hydrogens (tertiary/aromatic N) is 1. The Balaban J connectivity index is 1.61. The van der Waals surface area contributed by atoms with Crippen LogP contribution in [0.5, 0.6) is 0 Å².